The smallest absolute Gasteiger partial charge is 0.408 e. The molecule has 1 aromatic carbocycles. The third-order valence-electron chi connectivity index (χ3n) is 6.12. The lowest BCUT2D eigenvalue weighted by atomic mass is 9.87. The minimum absolute atomic E-state index is 0.130. The van der Waals surface area contributed by atoms with Crippen molar-refractivity contribution in [3.8, 4) is 5.69 Å². The highest BCUT2D eigenvalue weighted by molar-refractivity contribution is 5.98. The number of rotatable bonds is 7. The third kappa shape index (κ3) is 5.53. The van der Waals surface area contributed by atoms with Crippen molar-refractivity contribution < 1.29 is 14.7 Å². The molecule has 0 aliphatic heterocycles. The summed E-state index contributed by atoms with van der Waals surface area (Å²) in [6.45, 7) is 5.67. The molecule has 12 heteroatoms. The second-order valence-electron chi connectivity index (χ2n) is 9.74. The SMILES string of the molecule is CC(C)(C)N(C(=O)O)[C@H]1CCCC[C@H]1Nc1ncc(C(N)=O)c(Nc2cccc(-n3nccn3)c2)n1. The van der Waals surface area contributed by atoms with E-state index in [0.717, 1.165) is 31.4 Å². The summed E-state index contributed by atoms with van der Waals surface area (Å²) in [6.07, 6.45) is 6.99. The van der Waals surface area contributed by atoms with E-state index in [9.17, 15) is 14.7 Å². The zero-order chi connectivity index (χ0) is 25.9. The molecule has 36 heavy (non-hydrogen) atoms. The predicted octanol–water partition coefficient (Wildman–Crippen LogP) is 3.40. The number of nitrogens with two attached hydrogens (primary N) is 1. The van der Waals surface area contributed by atoms with Gasteiger partial charge in [-0.15, -0.1) is 0 Å². The van der Waals surface area contributed by atoms with Gasteiger partial charge in [-0.05, 0) is 51.8 Å². The highest BCUT2D eigenvalue weighted by atomic mass is 16.4. The van der Waals surface area contributed by atoms with Crippen molar-refractivity contribution in [2.75, 3.05) is 10.6 Å². The van der Waals surface area contributed by atoms with Crippen LogP contribution in [-0.2, 0) is 0 Å². The van der Waals surface area contributed by atoms with Crippen molar-refractivity contribution >= 4 is 29.5 Å². The van der Waals surface area contributed by atoms with Crippen LogP contribution in [0.25, 0.3) is 5.69 Å². The first-order chi connectivity index (χ1) is 17.1. The van der Waals surface area contributed by atoms with Gasteiger partial charge in [-0.2, -0.15) is 20.0 Å². The zero-order valence-electron chi connectivity index (χ0n) is 20.5. The number of carbonyl (C=O) groups is 2. The number of hydrogen-bond acceptors (Lipinski definition) is 8. The highest BCUT2D eigenvalue weighted by Crippen LogP contribution is 2.31. The average Bonchev–Trinajstić information content (AvgIpc) is 3.34. The number of anilines is 3. The second kappa shape index (κ2) is 10.2. The van der Waals surface area contributed by atoms with E-state index in [1.54, 1.807) is 12.4 Å². The van der Waals surface area contributed by atoms with Crippen LogP contribution in [0.3, 0.4) is 0 Å². The Morgan fingerprint density at radius 2 is 1.89 bits per heavy atom. The number of nitrogens with zero attached hydrogens (tertiary/aromatic N) is 6. The minimum atomic E-state index is -0.958. The molecule has 2 atom stereocenters. The van der Waals surface area contributed by atoms with Crippen molar-refractivity contribution in [3.05, 3.63) is 48.4 Å². The predicted molar refractivity (Wildman–Crippen MR) is 134 cm³/mol. The van der Waals surface area contributed by atoms with Gasteiger partial charge in [-0.25, -0.2) is 9.78 Å². The molecule has 0 spiro atoms. The fourth-order valence-electron chi connectivity index (χ4n) is 4.60. The summed E-state index contributed by atoms with van der Waals surface area (Å²) < 4.78 is 0. The molecule has 12 nitrogen and oxygen atoms in total. The van der Waals surface area contributed by atoms with Gasteiger partial charge in [-0.1, -0.05) is 18.9 Å². The zero-order valence-corrected chi connectivity index (χ0v) is 20.5. The van der Waals surface area contributed by atoms with E-state index < -0.39 is 17.5 Å². The summed E-state index contributed by atoms with van der Waals surface area (Å²) in [6, 6.07) is 6.87. The standard InChI is InChI=1S/C24H31N9O3/c1-24(2,3)32(23(35)36)19-10-5-4-9-18(19)30-22-26-14-17(20(25)34)21(31-22)29-15-7-6-8-16(13-15)33-27-11-12-28-33/h6-8,11-14,18-19H,4-5,9-10H2,1-3H3,(H2,25,34)(H,35,36)(H2,26,29,30,31)/t18-,19+/m1/s1. The molecule has 1 aliphatic rings. The van der Waals surface area contributed by atoms with E-state index in [1.165, 1.54) is 15.9 Å². The molecule has 2 amide bonds. The first kappa shape index (κ1) is 24.9. The van der Waals surface area contributed by atoms with E-state index in [1.807, 2.05) is 45.0 Å². The maximum Gasteiger partial charge on any atom is 0.408 e. The van der Waals surface area contributed by atoms with Crippen LogP contribution in [0.5, 0.6) is 0 Å². The molecule has 5 N–H and O–H groups in total. The number of benzene rings is 1. The quantitative estimate of drug-likeness (QED) is 0.386. The fourth-order valence-corrected chi connectivity index (χ4v) is 4.60. The van der Waals surface area contributed by atoms with Crippen LogP contribution in [0.15, 0.2) is 42.9 Å². The summed E-state index contributed by atoms with van der Waals surface area (Å²) in [5, 5.41) is 24.7. The molecule has 0 unspecified atom stereocenters. The number of hydrogen-bond donors (Lipinski definition) is 4. The fraction of sp³-hybridized carbons (Fsp3) is 0.417. The Balaban J connectivity index is 1.61. The molecule has 3 aromatic rings. The lowest BCUT2D eigenvalue weighted by Gasteiger charge is -2.45. The van der Waals surface area contributed by atoms with Gasteiger partial charge in [0.1, 0.15) is 11.4 Å². The van der Waals surface area contributed by atoms with Crippen LogP contribution >= 0.6 is 0 Å². The first-order valence-corrected chi connectivity index (χ1v) is 11.8. The summed E-state index contributed by atoms with van der Waals surface area (Å²) in [5.74, 6) is -0.151. The summed E-state index contributed by atoms with van der Waals surface area (Å²) in [5.41, 5.74) is 6.51. The second-order valence-corrected chi connectivity index (χ2v) is 9.74. The lowest BCUT2D eigenvalue weighted by molar-refractivity contribution is 0.0519. The first-order valence-electron chi connectivity index (χ1n) is 11.8. The van der Waals surface area contributed by atoms with E-state index in [2.05, 4.69) is 30.8 Å². The Morgan fingerprint density at radius 1 is 1.17 bits per heavy atom. The van der Waals surface area contributed by atoms with E-state index in [0.29, 0.717) is 5.69 Å². The minimum Gasteiger partial charge on any atom is -0.465 e. The number of nitrogens with one attached hydrogen (secondary N) is 2. The maximum atomic E-state index is 12.1. The van der Waals surface area contributed by atoms with Crippen LogP contribution < -0.4 is 16.4 Å². The molecule has 1 aliphatic carbocycles. The van der Waals surface area contributed by atoms with Crippen LogP contribution in [0.2, 0.25) is 0 Å². The van der Waals surface area contributed by atoms with Crippen molar-refractivity contribution in [2.24, 2.45) is 5.73 Å². The van der Waals surface area contributed by atoms with Gasteiger partial charge in [0.2, 0.25) is 5.95 Å². The van der Waals surface area contributed by atoms with Gasteiger partial charge in [0.25, 0.3) is 5.91 Å². The number of carboxylic acid groups (broad SMARTS) is 1. The molecule has 2 heterocycles. The Hall–Kier alpha value is -4.22. The van der Waals surface area contributed by atoms with Crippen molar-refractivity contribution in [1.29, 1.82) is 0 Å². The van der Waals surface area contributed by atoms with E-state index >= 15 is 0 Å². The number of amides is 2. The molecular weight excluding hydrogens is 462 g/mol. The van der Waals surface area contributed by atoms with Crippen LogP contribution in [-0.4, -0.2) is 64.6 Å². The summed E-state index contributed by atoms with van der Waals surface area (Å²) in [4.78, 5) is 36.0. The molecule has 1 saturated carbocycles. The van der Waals surface area contributed by atoms with Crippen molar-refractivity contribution in [2.45, 2.75) is 64.1 Å². The Bertz CT molecular complexity index is 1220. The monoisotopic (exact) mass is 493 g/mol. The van der Waals surface area contributed by atoms with Gasteiger partial charge >= 0.3 is 6.09 Å². The summed E-state index contributed by atoms with van der Waals surface area (Å²) >= 11 is 0. The summed E-state index contributed by atoms with van der Waals surface area (Å²) in [7, 11) is 0. The lowest BCUT2D eigenvalue weighted by Crippen LogP contribution is -2.58. The maximum absolute atomic E-state index is 12.1. The van der Waals surface area contributed by atoms with Crippen LogP contribution in [0, 0.1) is 0 Å². The number of carbonyl (C=O) groups excluding carboxylic acids is 1. The molecule has 190 valence electrons. The largest absolute Gasteiger partial charge is 0.465 e. The van der Waals surface area contributed by atoms with Gasteiger partial charge in [0.15, 0.2) is 0 Å². The Kier molecular flexibility index (Phi) is 7.04. The molecular formula is C24H31N9O3. The number of primary amides is 1. The number of aromatic nitrogens is 5. The van der Waals surface area contributed by atoms with Gasteiger partial charge in [-0.3, -0.25) is 9.69 Å². The van der Waals surface area contributed by atoms with Crippen molar-refractivity contribution in [1.82, 2.24) is 29.9 Å². The normalized spacial score (nSPS) is 17.9. The van der Waals surface area contributed by atoms with Gasteiger partial charge in [0.05, 0.1) is 24.1 Å². The van der Waals surface area contributed by atoms with Crippen LogP contribution in [0.1, 0.15) is 56.8 Å². The molecule has 4 rings (SSSR count). The average molecular weight is 494 g/mol. The third-order valence-corrected chi connectivity index (χ3v) is 6.12. The Labute approximate surface area is 208 Å². The van der Waals surface area contributed by atoms with Crippen molar-refractivity contribution in [3.63, 3.8) is 0 Å². The molecule has 0 bridgehead atoms. The van der Waals surface area contributed by atoms with Crippen LogP contribution in [0.4, 0.5) is 22.2 Å². The Morgan fingerprint density at radius 3 is 2.56 bits per heavy atom. The topological polar surface area (TPSA) is 164 Å². The van der Waals surface area contributed by atoms with E-state index in [-0.39, 0.29) is 29.4 Å². The van der Waals surface area contributed by atoms with Gasteiger partial charge < -0.3 is 21.5 Å². The molecule has 0 saturated heterocycles. The molecule has 1 fully saturated rings. The van der Waals surface area contributed by atoms with E-state index in [4.69, 9.17) is 5.73 Å². The molecule has 0 radical (unpaired) electrons. The van der Waals surface area contributed by atoms with Gasteiger partial charge in [0, 0.05) is 23.5 Å². The molecule has 2 aromatic heterocycles. The highest BCUT2D eigenvalue weighted by Gasteiger charge is 2.39.